The van der Waals surface area contributed by atoms with E-state index in [1.807, 2.05) is 19.1 Å². The summed E-state index contributed by atoms with van der Waals surface area (Å²) >= 11 is 0. The molecule has 0 aliphatic carbocycles. The molecule has 0 bridgehead atoms. The van der Waals surface area contributed by atoms with Crippen LogP contribution in [-0.4, -0.2) is 42.4 Å². The third-order valence-electron chi connectivity index (χ3n) is 4.84. The van der Waals surface area contributed by atoms with Crippen molar-refractivity contribution >= 4 is 11.6 Å². The number of carbonyl (C=O) groups excluding carboxylic acids is 1. The molecule has 1 aliphatic heterocycles. The zero-order valence-corrected chi connectivity index (χ0v) is 15.4. The Kier molecular flexibility index (Phi) is 5.25. The number of carbonyl (C=O) groups is 1. The highest BCUT2D eigenvalue weighted by Crippen LogP contribution is 2.23. The Hall–Kier alpha value is -2.83. The van der Waals surface area contributed by atoms with E-state index in [1.165, 1.54) is 4.68 Å². The van der Waals surface area contributed by atoms with E-state index >= 15 is 0 Å². The lowest BCUT2D eigenvalue weighted by Gasteiger charge is -2.18. The minimum absolute atomic E-state index is 0.117. The van der Waals surface area contributed by atoms with E-state index in [2.05, 4.69) is 15.3 Å². The lowest BCUT2D eigenvalue weighted by atomic mass is 10.1. The third-order valence-corrected chi connectivity index (χ3v) is 4.84. The minimum Gasteiger partial charge on any atom is -0.496 e. The summed E-state index contributed by atoms with van der Waals surface area (Å²) in [5, 5.41) is 7.09. The predicted molar refractivity (Wildman–Crippen MR) is 99.9 cm³/mol. The van der Waals surface area contributed by atoms with Gasteiger partial charge in [0.05, 0.1) is 24.6 Å². The molecule has 0 saturated carbocycles. The number of aryl methyl sites for hydroxylation is 2. The SMILES string of the molecule is COc1cccc(C)c1C(=O)NCC1CCN(c2cnn(C)c(=O)c2)C1. The van der Waals surface area contributed by atoms with Gasteiger partial charge in [0.15, 0.2) is 0 Å². The van der Waals surface area contributed by atoms with Gasteiger partial charge in [0.1, 0.15) is 5.75 Å². The quantitative estimate of drug-likeness (QED) is 0.875. The van der Waals surface area contributed by atoms with Gasteiger partial charge in [-0.25, -0.2) is 4.68 Å². The number of nitrogens with one attached hydrogen (secondary N) is 1. The third kappa shape index (κ3) is 3.71. The Morgan fingerprint density at radius 1 is 1.42 bits per heavy atom. The molecule has 1 unspecified atom stereocenters. The number of anilines is 1. The Morgan fingerprint density at radius 2 is 2.23 bits per heavy atom. The zero-order valence-electron chi connectivity index (χ0n) is 15.4. The molecule has 1 aromatic heterocycles. The maximum absolute atomic E-state index is 12.6. The van der Waals surface area contributed by atoms with E-state index in [4.69, 9.17) is 4.74 Å². The summed E-state index contributed by atoms with van der Waals surface area (Å²) in [6.07, 6.45) is 2.67. The number of benzene rings is 1. The van der Waals surface area contributed by atoms with Gasteiger partial charge >= 0.3 is 0 Å². The maximum atomic E-state index is 12.6. The van der Waals surface area contributed by atoms with E-state index in [9.17, 15) is 9.59 Å². The van der Waals surface area contributed by atoms with Crippen LogP contribution in [-0.2, 0) is 7.05 Å². The highest BCUT2D eigenvalue weighted by atomic mass is 16.5. The molecule has 1 N–H and O–H groups in total. The van der Waals surface area contributed by atoms with Gasteiger partial charge in [-0.05, 0) is 30.9 Å². The summed E-state index contributed by atoms with van der Waals surface area (Å²) < 4.78 is 6.62. The second-order valence-corrected chi connectivity index (χ2v) is 6.64. The first-order valence-electron chi connectivity index (χ1n) is 8.69. The van der Waals surface area contributed by atoms with E-state index in [-0.39, 0.29) is 11.5 Å². The van der Waals surface area contributed by atoms with Crippen molar-refractivity contribution in [2.45, 2.75) is 13.3 Å². The number of amides is 1. The number of rotatable bonds is 5. The van der Waals surface area contributed by atoms with Crippen LogP contribution in [0.1, 0.15) is 22.3 Å². The van der Waals surface area contributed by atoms with Gasteiger partial charge in [-0.3, -0.25) is 9.59 Å². The van der Waals surface area contributed by atoms with Crippen LogP contribution in [0.25, 0.3) is 0 Å². The highest BCUT2D eigenvalue weighted by molar-refractivity contribution is 5.98. The molecule has 1 saturated heterocycles. The highest BCUT2D eigenvalue weighted by Gasteiger charge is 2.24. The van der Waals surface area contributed by atoms with Crippen LogP contribution in [0.3, 0.4) is 0 Å². The maximum Gasteiger partial charge on any atom is 0.268 e. The summed E-state index contributed by atoms with van der Waals surface area (Å²) in [6.45, 7) is 4.13. The largest absolute Gasteiger partial charge is 0.496 e. The van der Waals surface area contributed by atoms with Crippen LogP contribution in [0.15, 0.2) is 35.3 Å². The number of nitrogens with zero attached hydrogens (tertiary/aromatic N) is 3. The van der Waals surface area contributed by atoms with Crippen molar-refractivity contribution in [3.05, 3.63) is 51.9 Å². The number of methoxy groups -OCH3 is 1. The van der Waals surface area contributed by atoms with E-state index in [0.29, 0.717) is 23.8 Å². The topological polar surface area (TPSA) is 76.5 Å². The zero-order chi connectivity index (χ0) is 18.7. The van der Waals surface area contributed by atoms with Crippen LogP contribution in [0.5, 0.6) is 5.75 Å². The van der Waals surface area contributed by atoms with Crippen molar-refractivity contribution < 1.29 is 9.53 Å². The molecule has 1 aliphatic rings. The van der Waals surface area contributed by atoms with E-state index in [0.717, 1.165) is 30.8 Å². The average Bonchev–Trinajstić information content (AvgIpc) is 3.10. The van der Waals surface area contributed by atoms with E-state index < -0.39 is 0 Å². The Bertz CT molecular complexity index is 862. The molecule has 3 rings (SSSR count). The molecule has 1 aromatic carbocycles. The van der Waals surface area contributed by atoms with Gasteiger partial charge in [-0.1, -0.05) is 12.1 Å². The van der Waals surface area contributed by atoms with Gasteiger partial charge in [0.2, 0.25) is 0 Å². The summed E-state index contributed by atoms with van der Waals surface area (Å²) in [7, 11) is 3.20. The van der Waals surface area contributed by atoms with Crippen molar-refractivity contribution in [2.75, 3.05) is 31.6 Å². The minimum atomic E-state index is -0.120. The second-order valence-electron chi connectivity index (χ2n) is 6.64. The van der Waals surface area contributed by atoms with Crippen molar-refractivity contribution in [1.82, 2.24) is 15.1 Å². The summed E-state index contributed by atoms with van der Waals surface area (Å²) in [5.41, 5.74) is 2.19. The Labute approximate surface area is 152 Å². The van der Waals surface area contributed by atoms with Gasteiger partial charge in [0.25, 0.3) is 11.5 Å². The second kappa shape index (κ2) is 7.59. The molecule has 1 amide bonds. The predicted octanol–water partition coefficient (Wildman–Crippen LogP) is 1.35. The standard InChI is InChI=1S/C19H24N4O3/c1-13-5-4-6-16(26-3)18(13)19(25)20-10-14-7-8-23(12-14)15-9-17(24)22(2)21-11-15/h4-6,9,11,14H,7-8,10,12H2,1-3H3,(H,20,25). The molecule has 2 heterocycles. The lowest BCUT2D eigenvalue weighted by Crippen LogP contribution is -2.32. The molecule has 138 valence electrons. The van der Waals surface area contributed by atoms with Crippen LogP contribution in [0.4, 0.5) is 5.69 Å². The number of hydrogen-bond donors (Lipinski definition) is 1. The van der Waals surface area contributed by atoms with Gasteiger partial charge in [0, 0.05) is 32.7 Å². The van der Waals surface area contributed by atoms with Crippen LogP contribution >= 0.6 is 0 Å². The molecule has 1 fully saturated rings. The smallest absolute Gasteiger partial charge is 0.268 e. The molecule has 7 heteroatoms. The molecule has 26 heavy (non-hydrogen) atoms. The first kappa shape index (κ1) is 18.0. The normalized spacial score (nSPS) is 16.6. The molecule has 7 nitrogen and oxygen atoms in total. The van der Waals surface area contributed by atoms with Crippen molar-refractivity contribution in [3.63, 3.8) is 0 Å². The van der Waals surface area contributed by atoms with Crippen molar-refractivity contribution in [1.29, 1.82) is 0 Å². The first-order valence-corrected chi connectivity index (χ1v) is 8.69. The molecule has 1 atom stereocenters. The van der Waals surface area contributed by atoms with E-state index in [1.54, 1.807) is 32.5 Å². The van der Waals surface area contributed by atoms with Gasteiger partial charge in [-0.2, -0.15) is 5.10 Å². The van der Waals surface area contributed by atoms with Crippen LogP contribution in [0, 0.1) is 12.8 Å². The molecule has 0 spiro atoms. The summed E-state index contributed by atoms with van der Waals surface area (Å²) in [6, 6.07) is 7.17. The Morgan fingerprint density at radius 3 is 2.96 bits per heavy atom. The fourth-order valence-corrected chi connectivity index (χ4v) is 3.29. The molecule has 2 aromatic rings. The first-order chi connectivity index (χ1) is 12.5. The van der Waals surface area contributed by atoms with Gasteiger partial charge < -0.3 is 15.0 Å². The number of hydrogen-bond acceptors (Lipinski definition) is 5. The summed E-state index contributed by atoms with van der Waals surface area (Å²) in [5.74, 6) is 0.799. The van der Waals surface area contributed by atoms with Crippen molar-refractivity contribution in [3.8, 4) is 5.75 Å². The lowest BCUT2D eigenvalue weighted by molar-refractivity contribution is 0.0944. The van der Waals surface area contributed by atoms with Crippen LogP contribution in [0.2, 0.25) is 0 Å². The Balaban J connectivity index is 1.60. The molecule has 0 radical (unpaired) electrons. The summed E-state index contributed by atoms with van der Waals surface area (Å²) in [4.78, 5) is 26.5. The molecular formula is C19H24N4O3. The van der Waals surface area contributed by atoms with Crippen molar-refractivity contribution in [2.24, 2.45) is 13.0 Å². The van der Waals surface area contributed by atoms with Crippen LogP contribution < -0.4 is 20.5 Å². The number of ether oxygens (including phenoxy) is 1. The number of aromatic nitrogens is 2. The average molecular weight is 356 g/mol. The van der Waals surface area contributed by atoms with Gasteiger partial charge in [-0.15, -0.1) is 0 Å². The monoisotopic (exact) mass is 356 g/mol. The fourth-order valence-electron chi connectivity index (χ4n) is 3.29. The fraction of sp³-hybridized carbons (Fsp3) is 0.421. The molecular weight excluding hydrogens is 332 g/mol.